The quantitative estimate of drug-likeness (QED) is 0.128. The Balaban J connectivity index is 0.000000179. The number of nitrogens with zero attached hydrogens (tertiary/aromatic N) is 4. The number of cyclic esters (lactones) is 2. The number of fused-ring (bicyclic) bond motifs is 3. The Hall–Kier alpha value is -6.19. The zero-order chi connectivity index (χ0) is 45.8. The van der Waals surface area contributed by atoms with Crippen LogP contribution in [-0.4, -0.2) is 68.5 Å². The Morgan fingerprint density at radius 2 is 1.58 bits per heavy atom. The Morgan fingerprint density at radius 3 is 2.26 bits per heavy atom. The predicted molar refractivity (Wildman–Crippen MR) is 246 cm³/mol. The van der Waals surface area contributed by atoms with Gasteiger partial charge in [-0.3, -0.25) is 19.7 Å². The Bertz CT molecular complexity index is 2430. The fourth-order valence-corrected chi connectivity index (χ4v) is 11.6. The largest absolute Gasteiger partial charge is 0.462 e. The van der Waals surface area contributed by atoms with Crippen LogP contribution in [0, 0.1) is 64.6 Å². The van der Waals surface area contributed by atoms with Crippen LogP contribution < -0.4 is 5.32 Å². The maximum atomic E-state index is 12.7. The first-order valence-corrected chi connectivity index (χ1v) is 23.1. The monoisotopic (exact) mass is 877 g/mol. The van der Waals surface area contributed by atoms with Crippen molar-refractivity contribution in [2.24, 2.45) is 53.3 Å². The first-order valence-electron chi connectivity index (χ1n) is 23.1. The molecule has 2 N–H and O–H groups in total. The first-order chi connectivity index (χ1) is 31.4. The van der Waals surface area contributed by atoms with E-state index in [-0.39, 0.29) is 65.8 Å². The summed E-state index contributed by atoms with van der Waals surface area (Å²) in [4.78, 5) is 50.5. The van der Waals surface area contributed by atoms with Crippen LogP contribution in [0.25, 0.3) is 34.5 Å². The highest BCUT2D eigenvalue weighted by molar-refractivity contribution is 5.82. The van der Waals surface area contributed by atoms with Gasteiger partial charge in [-0.2, -0.15) is 5.26 Å². The summed E-state index contributed by atoms with van der Waals surface area (Å²) >= 11 is 0. The summed E-state index contributed by atoms with van der Waals surface area (Å²) in [7, 11) is 0. The van der Waals surface area contributed by atoms with Gasteiger partial charge in [0, 0.05) is 53.2 Å². The standard InChI is InChI=1S/C28H33N3O4.C25H26N2O3/c1-3-34-28(33)31-21-10-11-22-19(14-21)15-24-26(17(2)35-27(24)32)23(22)12-9-20-8-7-18(16-30-20)25-6-4-5-13-29-25;1-15-12-25(29)23(17(3)30-24(25)28)21(16(15)2)11-10-20-9-8-19(14-27-20)22-7-5-4-6-18(22)13-26/h4-9,12-13,16-17,19,21-24,26H,3,10-11,14-15H2,1-2H3,(H,31,33);4-11,14-17,21,23,29H,12H2,1-3H3/b12-9+;11-10+/t17-,19+,21-,22-,23+,24-,26+;15-,16+,17+,21?,23-,25-/m10/s1. The van der Waals surface area contributed by atoms with E-state index < -0.39 is 11.6 Å². The second-order valence-corrected chi connectivity index (χ2v) is 18.7. The van der Waals surface area contributed by atoms with Gasteiger partial charge in [0.1, 0.15) is 12.2 Å². The van der Waals surface area contributed by atoms with Crippen LogP contribution in [0.15, 0.2) is 97.5 Å². The molecule has 2 saturated heterocycles. The van der Waals surface area contributed by atoms with E-state index in [1.807, 2.05) is 93.7 Å². The van der Waals surface area contributed by atoms with Gasteiger partial charge in [-0.1, -0.05) is 56.3 Å². The molecule has 2 aliphatic heterocycles. The fourth-order valence-electron chi connectivity index (χ4n) is 11.6. The maximum absolute atomic E-state index is 12.7. The van der Waals surface area contributed by atoms with Gasteiger partial charge in [-0.25, -0.2) is 9.59 Å². The SMILES string of the molecule is CCOC(=O)N[C@@H]1CC[C@@H]2[C@@H](C1)C[C@H]1C(=O)O[C@H](C)[C@H]1[C@H]2/C=C/c1ccc(-c2ccccn2)cn1.C[C@H]1C[C@@]2(O)C(=O)O[C@H](C)[C@H]2C(/C=C/c2ccc(-c3ccccc3C#N)cn2)[C@@H]1C. The zero-order valence-corrected chi connectivity index (χ0v) is 37.7. The number of nitriles is 1. The van der Waals surface area contributed by atoms with Crippen LogP contribution in [0.3, 0.4) is 0 Å². The molecule has 9 rings (SSSR count). The summed E-state index contributed by atoms with van der Waals surface area (Å²) < 4.78 is 16.2. The summed E-state index contributed by atoms with van der Waals surface area (Å²) in [5, 5.41) is 23.4. The van der Waals surface area contributed by atoms with Crippen LogP contribution in [-0.2, 0) is 23.8 Å². The number of aliphatic hydroxyl groups is 1. The number of hydrogen-bond acceptors (Lipinski definition) is 11. The third-order valence-electron chi connectivity index (χ3n) is 14.9. The van der Waals surface area contributed by atoms with E-state index >= 15 is 0 Å². The molecule has 0 spiro atoms. The minimum Gasteiger partial charge on any atom is -0.462 e. The number of benzene rings is 1. The van der Waals surface area contributed by atoms with Gasteiger partial charge in [-0.15, -0.1) is 0 Å². The molecule has 3 aromatic heterocycles. The molecule has 1 amide bonds. The molecule has 5 heterocycles. The average molecular weight is 878 g/mol. The number of esters is 2. The third kappa shape index (κ3) is 9.48. The van der Waals surface area contributed by atoms with Crippen LogP contribution in [0.1, 0.15) is 83.7 Å². The Labute approximate surface area is 381 Å². The van der Waals surface area contributed by atoms with Gasteiger partial charge in [0.25, 0.3) is 0 Å². The van der Waals surface area contributed by atoms with Crippen molar-refractivity contribution >= 4 is 30.2 Å². The highest BCUT2D eigenvalue weighted by Crippen LogP contribution is 2.54. The van der Waals surface area contributed by atoms with Crippen LogP contribution in [0.2, 0.25) is 0 Å². The second kappa shape index (κ2) is 19.5. The highest BCUT2D eigenvalue weighted by atomic mass is 16.6. The van der Waals surface area contributed by atoms with Crippen molar-refractivity contribution < 1.29 is 33.7 Å². The van der Waals surface area contributed by atoms with Crippen LogP contribution >= 0.6 is 0 Å². The number of nitrogens with one attached hydrogen (secondary N) is 1. The smallest absolute Gasteiger partial charge is 0.407 e. The zero-order valence-electron chi connectivity index (χ0n) is 37.7. The van der Waals surface area contributed by atoms with Crippen LogP contribution in [0.4, 0.5) is 4.79 Å². The number of carbonyl (C=O) groups excluding carboxylic acids is 3. The van der Waals surface area contributed by atoms with E-state index in [2.05, 4.69) is 58.4 Å². The normalized spacial score (nSPS) is 32.5. The van der Waals surface area contributed by atoms with Crippen molar-refractivity contribution in [2.45, 2.75) is 90.6 Å². The minimum atomic E-state index is -1.40. The molecule has 4 aromatic rings. The molecule has 3 aliphatic carbocycles. The number of rotatable bonds is 8. The van der Waals surface area contributed by atoms with E-state index in [1.54, 1.807) is 18.5 Å². The topological polar surface area (TPSA) is 174 Å². The highest BCUT2D eigenvalue weighted by Gasteiger charge is 2.61. The van der Waals surface area contributed by atoms with Gasteiger partial charge in [0.15, 0.2) is 5.60 Å². The van der Waals surface area contributed by atoms with Crippen molar-refractivity contribution in [1.29, 1.82) is 5.26 Å². The molecular weight excluding hydrogens is 819 g/mol. The lowest BCUT2D eigenvalue weighted by Crippen LogP contribution is -2.52. The lowest BCUT2D eigenvalue weighted by Gasteiger charge is -2.47. The molecule has 5 fully saturated rings. The van der Waals surface area contributed by atoms with Gasteiger partial charge in [0.05, 0.1) is 41.2 Å². The van der Waals surface area contributed by atoms with Crippen molar-refractivity contribution in [2.75, 3.05) is 6.61 Å². The third-order valence-corrected chi connectivity index (χ3v) is 14.9. The molecule has 12 nitrogen and oxygen atoms in total. The fraction of sp³-hybridized carbons (Fsp3) is 0.453. The van der Waals surface area contributed by atoms with E-state index in [4.69, 9.17) is 14.2 Å². The lowest BCUT2D eigenvalue weighted by molar-refractivity contribution is -0.160. The molecule has 0 radical (unpaired) electrons. The Morgan fingerprint density at radius 1 is 0.877 bits per heavy atom. The molecule has 0 bridgehead atoms. The molecule has 338 valence electrons. The second-order valence-electron chi connectivity index (χ2n) is 18.7. The predicted octanol–water partition coefficient (Wildman–Crippen LogP) is 9.10. The first kappa shape index (κ1) is 45.4. The van der Waals surface area contributed by atoms with E-state index in [0.717, 1.165) is 59.5 Å². The average Bonchev–Trinajstić information content (AvgIpc) is 3.72. The van der Waals surface area contributed by atoms with E-state index in [9.17, 15) is 24.8 Å². The molecule has 1 aromatic carbocycles. The van der Waals surface area contributed by atoms with Crippen molar-refractivity contribution in [3.05, 3.63) is 114 Å². The van der Waals surface area contributed by atoms with E-state index in [0.29, 0.717) is 36.3 Å². The minimum absolute atomic E-state index is 0.0148. The van der Waals surface area contributed by atoms with Crippen molar-refractivity contribution in [1.82, 2.24) is 20.3 Å². The molecular formula is C53H59N5O7. The van der Waals surface area contributed by atoms with Crippen molar-refractivity contribution in [3.63, 3.8) is 0 Å². The number of allylic oxidation sites excluding steroid dienone is 2. The number of amides is 1. The summed E-state index contributed by atoms with van der Waals surface area (Å²) in [5.74, 6) is 0.872. The van der Waals surface area contributed by atoms with Gasteiger partial charge in [-0.05, 0) is 137 Å². The van der Waals surface area contributed by atoms with Crippen LogP contribution in [0.5, 0.6) is 0 Å². The number of carbonyl (C=O) groups is 3. The molecule has 5 aliphatic rings. The summed E-state index contributed by atoms with van der Waals surface area (Å²) in [5.41, 5.74) is 4.53. The Kier molecular flexibility index (Phi) is 13.6. The maximum Gasteiger partial charge on any atom is 0.407 e. The van der Waals surface area contributed by atoms with Crippen molar-refractivity contribution in [3.8, 4) is 28.5 Å². The summed E-state index contributed by atoms with van der Waals surface area (Å²) in [6.07, 6.45) is 17.1. The van der Waals surface area contributed by atoms with E-state index in [1.165, 1.54) is 0 Å². The molecule has 65 heavy (non-hydrogen) atoms. The summed E-state index contributed by atoms with van der Waals surface area (Å²) in [6, 6.07) is 23.5. The van der Waals surface area contributed by atoms with Gasteiger partial charge in [0.2, 0.25) is 0 Å². The molecule has 1 unspecified atom stereocenters. The molecule has 13 atom stereocenters. The van der Waals surface area contributed by atoms with Gasteiger partial charge < -0.3 is 24.6 Å². The molecule has 12 heteroatoms. The number of ether oxygens (including phenoxy) is 3. The number of hydrogen-bond donors (Lipinski definition) is 2. The number of aromatic nitrogens is 3. The molecule has 3 saturated carbocycles. The van der Waals surface area contributed by atoms with Gasteiger partial charge >= 0.3 is 18.0 Å². The summed E-state index contributed by atoms with van der Waals surface area (Å²) in [6.45, 7) is 10.3. The number of pyridine rings is 3. The number of alkyl carbamates (subject to hydrolysis) is 1. The lowest BCUT2D eigenvalue weighted by atomic mass is 9.57.